The molecule has 18 heavy (non-hydrogen) atoms. The summed E-state index contributed by atoms with van der Waals surface area (Å²) in [6, 6.07) is 3.99. The van der Waals surface area contributed by atoms with Crippen molar-refractivity contribution in [2.45, 2.75) is 26.3 Å². The molecule has 0 fully saturated rings. The molecule has 100 valence electrons. The highest BCUT2D eigenvalue weighted by atomic mass is 35.5. The van der Waals surface area contributed by atoms with Crippen molar-refractivity contribution in [3.8, 4) is 5.75 Å². The summed E-state index contributed by atoms with van der Waals surface area (Å²) in [6.07, 6.45) is 1.75. The molecule has 0 saturated heterocycles. The summed E-state index contributed by atoms with van der Waals surface area (Å²) in [4.78, 5) is 2.30. The summed E-state index contributed by atoms with van der Waals surface area (Å²) < 4.78 is 5.70. The Kier molecular flexibility index (Phi) is 4.87. The Balaban J connectivity index is 2.12. The zero-order chi connectivity index (χ0) is 13.0. The summed E-state index contributed by atoms with van der Waals surface area (Å²) in [5.41, 5.74) is 2.38. The van der Waals surface area contributed by atoms with Crippen molar-refractivity contribution in [2.75, 3.05) is 26.3 Å². The lowest BCUT2D eigenvalue weighted by Gasteiger charge is -2.21. The van der Waals surface area contributed by atoms with Crippen LogP contribution in [0, 0.1) is 0 Å². The van der Waals surface area contributed by atoms with Crippen LogP contribution in [0.25, 0.3) is 0 Å². The highest BCUT2D eigenvalue weighted by Gasteiger charge is 2.18. The molecule has 1 heterocycles. The van der Waals surface area contributed by atoms with Gasteiger partial charge in [-0.3, -0.25) is 4.90 Å². The molecule has 0 saturated carbocycles. The van der Waals surface area contributed by atoms with E-state index in [9.17, 15) is 0 Å². The van der Waals surface area contributed by atoms with Gasteiger partial charge >= 0.3 is 0 Å². The molecule has 0 radical (unpaired) electrons. The maximum absolute atomic E-state index is 8.90. The van der Waals surface area contributed by atoms with Gasteiger partial charge in [0.1, 0.15) is 5.75 Å². The van der Waals surface area contributed by atoms with E-state index in [0.29, 0.717) is 0 Å². The number of aliphatic hydroxyl groups is 1. The molecule has 1 aliphatic rings. The van der Waals surface area contributed by atoms with Gasteiger partial charge in [0, 0.05) is 36.7 Å². The van der Waals surface area contributed by atoms with Gasteiger partial charge in [-0.2, -0.15) is 0 Å². The summed E-state index contributed by atoms with van der Waals surface area (Å²) >= 11 is 6.15. The van der Waals surface area contributed by atoms with Crippen LogP contribution in [0.3, 0.4) is 0 Å². The van der Waals surface area contributed by atoms with Gasteiger partial charge in [-0.15, -0.1) is 0 Å². The van der Waals surface area contributed by atoms with E-state index in [4.69, 9.17) is 21.4 Å². The van der Waals surface area contributed by atoms with Gasteiger partial charge in [0.25, 0.3) is 0 Å². The van der Waals surface area contributed by atoms with E-state index in [1.54, 1.807) is 0 Å². The Bertz CT molecular complexity index is 409. The Morgan fingerprint density at radius 1 is 1.44 bits per heavy atom. The molecule has 0 bridgehead atoms. The van der Waals surface area contributed by atoms with E-state index >= 15 is 0 Å². The monoisotopic (exact) mass is 269 g/mol. The molecule has 3 nitrogen and oxygen atoms in total. The predicted molar refractivity (Wildman–Crippen MR) is 73.3 cm³/mol. The van der Waals surface area contributed by atoms with Crippen LogP contribution in [0.1, 0.15) is 24.5 Å². The predicted octanol–water partition coefficient (Wildman–Crippen LogP) is 2.48. The fraction of sp³-hybridized carbons (Fsp3) is 0.571. The molecule has 1 N–H and O–H groups in total. The second-order valence-electron chi connectivity index (χ2n) is 4.60. The molecule has 1 aliphatic heterocycles. The number of benzene rings is 1. The fourth-order valence-corrected chi connectivity index (χ4v) is 2.61. The minimum atomic E-state index is 0.237. The lowest BCUT2D eigenvalue weighted by Crippen LogP contribution is -2.24. The van der Waals surface area contributed by atoms with E-state index in [1.165, 1.54) is 5.56 Å². The molecule has 1 aromatic carbocycles. The summed E-state index contributed by atoms with van der Waals surface area (Å²) in [7, 11) is 0. The largest absolute Gasteiger partial charge is 0.493 e. The van der Waals surface area contributed by atoms with Crippen molar-refractivity contribution in [1.82, 2.24) is 4.90 Å². The van der Waals surface area contributed by atoms with Crippen LogP contribution < -0.4 is 4.74 Å². The number of aliphatic hydroxyl groups excluding tert-OH is 1. The van der Waals surface area contributed by atoms with Crippen LogP contribution in [0.2, 0.25) is 5.02 Å². The van der Waals surface area contributed by atoms with Gasteiger partial charge in [0.15, 0.2) is 0 Å². The number of halogens is 1. The quantitative estimate of drug-likeness (QED) is 0.861. The third kappa shape index (κ3) is 3.16. The van der Waals surface area contributed by atoms with Crippen molar-refractivity contribution in [3.05, 3.63) is 28.3 Å². The third-order valence-electron chi connectivity index (χ3n) is 3.30. The molecule has 0 unspecified atom stereocenters. The van der Waals surface area contributed by atoms with Gasteiger partial charge < -0.3 is 9.84 Å². The maximum atomic E-state index is 8.90. The van der Waals surface area contributed by atoms with Gasteiger partial charge in [-0.25, -0.2) is 0 Å². The van der Waals surface area contributed by atoms with E-state index < -0.39 is 0 Å². The first-order valence-electron chi connectivity index (χ1n) is 6.52. The molecule has 1 aromatic rings. The smallest absolute Gasteiger partial charge is 0.127 e. The molecular weight excluding hydrogens is 250 g/mol. The van der Waals surface area contributed by atoms with E-state index in [1.807, 2.05) is 12.1 Å². The van der Waals surface area contributed by atoms with Crippen LogP contribution in [0.5, 0.6) is 5.75 Å². The second-order valence-corrected chi connectivity index (χ2v) is 5.03. The molecule has 4 heteroatoms. The van der Waals surface area contributed by atoms with Crippen molar-refractivity contribution >= 4 is 11.6 Å². The van der Waals surface area contributed by atoms with Crippen molar-refractivity contribution in [2.24, 2.45) is 0 Å². The summed E-state index contributed by atoms with van der Waals surface area (Å²) in [6.45, 7) is 5.81. The van der Waals surface area contributed by atoms with E-state index in [2.05, 4.69) is 11.8 Å². The first-order valence-corrected chi connectivity index (χ1v) is 6.89. The normalized spacial score (nSPS) is 13.8. The summed E-state index contributed by atoms with van der Waals surface area (Å²) in [5, 5.41) is 9.69. The average molecular weight is 270 g/mol. The topological polar surface area (TPSA) is 32.7 Å². The molecule has 0 atom stereocenters. The first kappa shape index (κ1) is 13.7. The van der Waals surface area contributed by atoms with E-state index in [-0.39, 0.29) is 6.61 Å². The molecule has 0 aliphatic carbocycles. The molecule has 0 spiro atoms. The number of ether oxygens (including phenoxy) is 1. The lowest BCUT2D eigenvalue weighted by molar-refractivity contribution is 0.223. The molecular formula is C14H20ClNO2. The second kappa shape index (κ2) is 6.41. The minimum absolute atomic E-state index is 0.237. The molecule has 0 amide bonds. The number of hydrogen-bond acceptors (Lipinski definition) is 3. The average Bonchev–Trinajstić information content (AvgIpc) is 2.82. The zero-order valence-electron chi connectivity index (χ0n) is 10.8. The fourth-order valence-electron chi connectivity index (χ4n) is 2.35. The van der Waals surface area contributed by atoms with Gasteiger partial charge in [0.2, 0.25) is 0 Å². The standard InChI is InChI=1S/C14H20ClNO2/c1-2-16(5-3-6-17)10-12-9-13(15)8-11-4-7-18-14(11)12/h8-9,17H,2-7,10H2,1H3. The van der Waals surface area contributed by atoms with Crippen molar-refractivity contribution < 1.29 is 9.84 Å². The van der Waals surface area contributed by atoms with Crippen LogP contribution in [0.15, 0.2) is 12.1 Å². The Morgan fingerprint density at radius 3 is 3.00 bits per heavy atom. The number of hydrogen-bond donors (Lipinski definition) is 1. The number of nitrogens with zero attached hydrogens (tertiary/aromatic N) is 1. The van der Waals surface area contributed by atoms with Crippen LogP contribution >= 0.6 is 11.6 Å². The molecule has 2 rings (SSSR count). The maximum Gasteiger partial charge on any atom is 0.127 e. The minimum Gasteiger partial charge on any atom is -0.493 e. The number of fused-ring (bicyclic) bond motifs is 1. The third-order valence-corrected chi connectivity index (χ3v) is 3.52. The van der Waals surface area contributed by atoms with Crippen molar-refractivity contribution in [1.29, 1.82) is 0 Å². The number of rotatable bonds is 6. The van der Waals surface area contributed by atoms with Gasteiger partial charge in [-0.05, 0) is 30.7 Å². The highest BCUT2D eigenvalue weighted by molar-refractivity contribution is 6.30. The van der Waals surface area contributed by atoms with Crippen LogP contribution in [0.4, 0.5) is 0 Å². The van der Waals surface area contributed by atoms with E-state index in [0.717, 1.165) is 55.4 Å². The van der Waals surface area contributed by atoms with Crippen molar-refractivity contribution in [3.63, 3.8) is 0 Å². The Hall–Kier alpha value is -0.770. The zero-order valence-corrected chi connectivity index (χ0v) is 11.5. The first-order chi connectivity index (χ1) is 8.74. The molecule has 0 aromatic heterocycles. The summed E-state index contributed by atoms with van der Waals surface area (Å²) in [5.74, 6) is 1.02. The Labute approximate surface area is 113 Å². The van der Waals surface area contributed by atoms with Gasteiger partial charge in [0.05, 0.1) is 6.61 Å². The van der Waals surface area contributed by atoms with Gasteiger partial charge in [-0.1, -0.05) is 18.5 Å². The lowest BCUT2D eigenvalue weighted by atomic mass is 10.1. The highest BCUT2D eigenvalue weighted by Crippen LogP contribution is 2.33. The SMILES string of the molecule is CCN(CCCO)Cc1cc(Cl)cc2c1OCC2. The Morgan fingerprint density at radius 2 is 2.28 bits per heavy atom. The van der Waals surface area contributed by atoms with Crippen LogP contribution in [-0.2, 0) is 13.0 Å². The van der Waals surface area contributed by atoms with Crippen LogP contribution in [-0.4, -0.2) is 36.3 Å².